The van der Waals surface area contributed by atoms with E-state index in [2.05, 4.69) is 20.6 Å². The van der Waals surface area contributed by atoms with Crippen molar-refractivity contribution in [2.24, 2.45) is 13.0 Å². The fraction of sp³-hybridized carbons (Fsp3) is 0.472. The van der Waals surface area contributed by atoms with Crippen LogP contribution in [0.2, 0.25) is 0 Å². The average Bonchev–Trinajstić information content (AvgIpc) is 3.54. The lowest BCUT2D eigenvalue weighted by molar-refractivity contribution is -0.138. The van der Waals surface area contributed by atoms with E-state index in [1.165, 1.54) is 4.90 Å². The van der Waals surface area contributed by atoms with Gasteiger partial charge in [-0.15, -0.1) is 0 Å². The molecule has 1 saturated carbocycles. The first-order valence-corrected chi connectivity index (χ1v) is 17.0. The van der Waals surface area contributed by atoms with Gasteiger partial charge in [0.1, 0.15) is 23.7 Å². The number of carbonyl (C=O) groups excluding carboxylic acids is 4. The number of benzene rings is 2. The Morgan fingerprint density at radius 2 is 1.71 bits per heavy atom. The second kappa shape index (κ2) is 16.4. The molecule has 48 heavy (non-hydrogen) atoms. The minimum Gasteiger partial charge on any atom is -0.508 e. The van der Waals surface area contributed by atoms with Crippen molar-refractivity contribution >= 4 is 35.6 Å². The van der Waals surface area contributed by atoms with Gasteiger partial charge in [-0.2, -0.15) is 5.10 Å². The fourth-order valence-electron chi connectivity index (χ4n) is 6.80. The molecule has 12 heteroatoms. The Labute approximate surface area is 282 Å². The highest BCUT2D eigenvalue weighted by atomic mass is 16.3. The third-order valence-corrected chi connectivity index (χ3v) is 9.52. The van der Waals surface area contributed by atoms with E-state index in [-0.39, 0.29) is 35.8 Å². The third kappa shape index (κ3) is 8.60. The van der Waals surface area contributed by atoms with Gasteiger partial charge in [-0.25, -0.2) is 0 Å². The molecule has 2 aromatic carbocycles. The quantitative estimate of drug-likeness (QED) is 0.239. The van der Waals surface area contributed by atoms with Gasteiger partial charge in [0.15, 0.2) is 0 Å². The molecular weight excluding hydrogens is 610 g/mol. The van der Waals surface area contributed by atoms with Crippen LogP contribution in [0.4, 0.5) is 11.5 Å². The van der Waals surface area contributed by atoms with Crippen LogP contribution in [0.1, 0.15) is 56.6 Å². The topological polar surface area (TPSA) is 140 Å². The van der Waals surface area contributed by atoms with Gasteiger partial charge >= 0.3 is 0 Å². The highest BCUT2D eigenvalue weighted by Gasteiger charge is 2.36. The number of carbonyl (C=O) groups is 4. The van der Waals surface area contributed by atoms with Gasteiger partial charge in [0, 0.05) is 69.9 Å². The summed E-state index contributed by atoms with van der Waals surface area (Å²) in [7, 11) is 1.75. The van der Waals surface area contributed by atoms with Crippen molar-refractivity contribution in [3.63, 3.8) is 0 Å². The zero-order valence-corrected chi connectivity index (χ0v) is 27.9. The van der Waals surface area contributed by atoms with Crippen molar-refractivity contribution < 1.29 is 24.3 Å². The van der Waals surface area contributed by atoms with Crippen LogP contribution < -0.4 is 15.5 Å². The summed E-state index contributed by atoms with van der Waals surface area (Å²) in [6.07, 6.45) is 7.79. The number of piperazine rings is 1. The van der Waals surface area contributed by atoms with Crippen molar-refractivity contribution in [2.75, 3.05) is 36.4 Å². The standard InChI is InChI=1S/C36H47N7O5/c1-3-32(46)39-30(36(48)42-21-19-41(20-22-42)24-28-11-7-8-12-31(28)45)23-26-13-15-29(16-14-26)38-35(47)34(27-9-5-4-6-10-27)43(25-44)33-17-18-37-40(33)2/h7-8,11-18,25,27,30,34,45H,3-6,9-10,19-24H2,1-2H3,(H,38,47)(H,39,46)/t30-,34+/m1/s1. The maximum atomic E-state index is 13.8. The molecule has 1 aromatic heterocycles. The molecule has 0 unspecified atom stereocenters. The number of para-hydroxylation sites is 1. The Bertz CT molecular complexity index is 1540. The van der Waals surface area contributed by atoms with Crippen LogP contribution in [0.5, 0.6) is 5.75 Å². The SMILES string of the molecule is CCC(=O)N[C@H](Cc1ccc(NC(=O)[C@H](C2CCCCC2)N(C=O)c2ccnn2C)cc1)C(=O)N1CCN(Cc2ccccc2O)CC1. The average molecular weight is 658 g/mol. The van der Waals surface area contributed by atoms with E-state index >= 15 is 0 Å². The van der Waals surface area contributed by atoms with Crippen LogP contribution in [0.15, 0.2) is 60.8 Å². The van der Waals surface area contributed by atoms with Gasteiger partial charge in [0.2, 0.25) is 24.1 Å². The molecule has 12 nitrogen and oxygen atoms in total. The van der Waals surface area contributed by atoms with Crippen LogP contribution in [-0.2, 0) is 39.2 Å². The monoisotopic (exact) mass is 657 g/mol. The second-order valence-electron chi connectivity index (χ2n) is 12.8. The van der Waals surface area contributed by atoms with E-state index in [9.17, 15) is 24.3 Å². The Hall–Kier alpha value is -4.71. The van der Waals surface area contributed by atoms with E-state index in [1.807, 2.05) is 24.3 Å². The minimum absolute atomic E-state index is 0.0272. The summed E-state index contributed by atoms with van der Waals surface area (Å²) in [5.41, 5.74) is 2.28. The first-order chi connectivity index (χ1) is 23.3. The first-order valence-electron chi connectivity index (χ1n) is 17.0. The predicted molar refractivity (Wildman–Crippen MR) is 183 cm³/mol. The maximum absolute atomic E-state index is 13.8. The number of phenolic OH excluding ortho intramolecular Hbond substituents is 1. The number of aromatic nitrogens is 2. The Kier molecular flexibility index (Phi) is 11.8. The molecule has 5 rings (SSSR count). The zero-order chi connectivity index (χ0) is 34.0. The van der Waals surface area contributed by atoms with Gasteiger partial charge < -0.3 is 20.6 Å². The third-order valence-electron chi connectivity index (χ3n) is 9.52. The van der Waals surface area contributed by atoms with Gasteiger partial charge in [-0.1, -0.05) is 56.5 Å². The first kappa shape index (κ1) is 34.6. The van der Waals surface area contributed by atoms with Crippen molar-refractivity contribution in [3.05, 3.63) is 71.9 Å². The molecule has 1 aliphatic carbocycles. The summed E-state index contributed by atoms with van der Waals surface area (Å²) < 4.78 is 1.59. The lowest BCUT2D eigenvalue weighted by Gasteiger charge is -2.36. The number of amides is 4. The van der Waals surface area contributed by atoms with Crippen LogP contribution in [0.3, 0.4) is 0 Å². The molecular formula is C36H47N7O5. The highest BCUT2D eigenvalue weighted by molar-refractivity contribution is 6.00. The molecule has 2 aliphatic rings. The maximum Gasteiger partial charge on any atom is 0.247 e. The molecule has 0 spiro atoms. The number of nitrogens with one attached hydrogen (secondary N) is 2. The Balaban J connectivity index is 1.23. The zero-order valence-electron chi connectivity index (χ0n) is 27.9. The molecule has 4 amide bonds. The number of aryl methyl sites for hydroxylation is 1. The van der Waals surface area contributed by atoms with Gasteiger partial charge in [0.25, 0.3) is 0 Å². The fourth-order valence-corrected chi connectivity index (χ4v) is 6.80. The van der Waals surface area contributed by atoms with E-state index in [1.54, 1.807) is 60.1 Å². The molecule has 3 aromatic rings. The van der Waals surface area contributed by atoms with Crippen LogP contribution in [0.25, 0.3) is 0 Å². The second-order valence-corrected chi connectivity index (χ2v) is 12.8. The van der Waals surface area contributed by atoms with Gasteiger partial charge in [-0.3, -0.25) is 33.7 Å². The van der Waals surface area contributed by atoms with Crippen molar-refractivity contribution in [3.8, 4) is 5.75 Å². The number of hydrogen-bond acceptors (Lipinski definition) is 7. The highest BCUT2D eigenvalue weighted by Crippen LogP contribution is 2.32. The lowest BCUT2D eigenvalue weighted by Crippen LogP contribution is -2.55. The Morgan fingerprint density at radius 3 is 2.33 bits per heavy atom. The van der Waals surface area contributed by atoms with E-state index in [4.69, 9.17) is 0 Å². The number of nitrogens with zero attached hydrogens (tertiary/aromatic N) is 5. The van der Waals surface area contributed by atoms with Crippen LogP contribution >= 0.6 is 0 Å². The molecule has 256 valence electrons. The van der Waals surface area contributed by atoms with Crippen molar-refractivity contribution in [2.45, 2.75) is 70.5 Å². The molecule has 0 bridgehead atoms. The number of aromatic hydroxyl groups is 1. The van der Waals surface area contributed by atoms with E-state index < -0.39 is 12.1 Å². The summed E-state index contributed by atoms with van der Waals surface area (Å²) >= 11 is 0. The molecule has 1 saturated heterocycles. The number of hydrogen-bond donors (Lipinski definition) is 3. The minimum atomic E-state index is -0.724. The number of rotatable bonds is 13. The number of phenols is 1. The lowest BCUT2D eigenvalue weighted by atomic mass is 9.82. The van der Waals surface area contributed by atoms with Gasteiger partial charge in [-0.05, 0) is 42.5 Å². The molecule has 2 atom stereocenters. The summed E-state index contributed by atoms with van der Waals surface area (Å²) in [4.78, 5) is 57.8. The summed E-state index contributed by atoms with van der Waals surface area (Å²) in [6.45, 7) is 4.72. The number of anilines is 2. The predicted octanol–water partition coefficient (Wildman–Crippen LogP) is 3.46. The van der Waals surface area contributed by atoms with E-state index in [0.29, 0.717) is 57.1 Å². The van der Waals surface area contributed by atoms with Crippen molar-refractivity contribution in [1.29, 1.82) is 0 Å². The van der Waals surface area contributed by atoms with Crippen LogP contribution in [-0.4, -0.2) is 87.1 Å². The normalized spacial score (nSPS) is 16.9. The van der Waals surface area contributed by atoms with Crippen LogP contribution in [0, 0.1) is 5.92 Å². The largest absolute Gasteiger partial charge is 0.508 e. The molecule has 0 radical (unpaired) electrons. The van der Waals surface area contributed by atoms with E-state index in [0.717, 1.165) is 43.2 Å². The molecule has 2 fully saturated rings. The Morgan fingerprint density at radius 1 is 1.00 bits per heavy atom. The molecule has 3 N–H and O–H groups in total. The summed E-state index contributed by atoms with van der Waals surface area (Å²) in [5, 5.41) is 20.3. The molecule has 1 aliphatic heterocycles. The summed E-state index contributed by atoms with van der Waals surface area (Å²) in [6, 6.07) is 14.9. The van der Waals surface area contributed by atoms with Crippen molar-refractivity contribution in [1.82, 2.24) is 24.9 Å². The smallest absolute Gasteiger partial charge is 0.247 e. The molecule has 2 heterocycles. The van der Waals surface area contributed by atoms with Gasteiger partial charge in [0.05, 0.1) is 6.20 Å². The summed E-state index contributed by atoms with van der Waals surface area (Å²) in [5.74, 6) is 0.272.